The van der Waals surface area contributed by atoms with Crippen LogP contribution in [0.25, 0.3) is 0 Å². The third-order valence-corrected chi connectivity index (χ3v) is 6.53. The predicted molar refractivity (Wildman–Crippen MR) is 140 cm³/mol. The van der Waals surface area contributed by atoms with Crippen molar-refractivity contribution in [1.29, 1.82) is 0 Å². The van der Waals surface area contributed by atoms with Gasteiger partial charge in [0.2, 0.25) is 5.75 Å². The number of benzene rings is 1. The highest BCUT2D eigenvalue weighted by Crippen LogP contribution is 2.33. The van der Waals surface area contributed by atoms with E-state index in [9.17, 15) is 9.59 Å². The van der Waals surface area contributed by atoms with Crippen molar-refractivity contribution in [3.63, 3.8) is 0 Å². The minimum atomic E-state index is -0.794. The standard InChI is InChI=1S/C26H31ClN2O6S/c1-15(29-25(36)22-24(34-17(3)30)21(32-4)13-14-28-22)26(31)33-16(2)23(18-7-5-6-8-18)35-20-11-9-19(27)10-12-20/h9-16,18,23H,5-8H2,1-4H3,(H,29,36)/t15-,16-,23-/m0/s1. The number of carbonyl (C=O) groups excluding carboxylic acids is 2. The molecule has 0 radical (unpaired) electrons. The maximum absolute atomic E-state index is 13.0. The topological polar surface area (TPSA) is 96.0 Å². The Kier molecular flexibility index (Phi) is 9.89. The molecule has 1 heterocycles. The molecule has 36 heavy (non-hydrogen) atoms. The largest absolute Gasteiger partial charge is 0.493 e. The maximum Gasteiger partial charge on any atom is 0.328 e. The van der Waals surface area contributed by atoms with E-state index >= 15 is 0 Å². The van der Waals surface area contributed by atoms with Crippen LogP contribution in [-0.4, -0.2) is 47.3 Å². The third kappa shape index (κ3) is 7.30. The van der Waals surface area contributed by atoms with E-state index < -0.39 is 24.1 Å². The average molecular weight is 535 g/mol. The number of hydrogen-bond donors (Lipinski definition) is 1. The normalized spacial score (nSPS) is 15.9. The molecule has 1 N–H and O–H groups in total. The molecular formula is C26H31ClN2O6S. The van der Waals surface area contributed by atoms with Crippen molar-refractivity contribution in [3.8, 4) is 17.2 Å². The van der Waals surface area contributed by atoms with Crippen LogP contribution < -0.4 is 19.5 Å². The number of rotatable bonds is 10. The zero-order valence-electron chi connectivity index (χ0n) is 20.8. The zero-order valence-corrected chi connectivity index (χ0v) is 22.4. The van der Waals surface area contributed by atoms with Gasteiger partial charge in [-0.3, -0.25) is 4.79 Å². The van der Waals surface area contributed by atoms with E-state index in [-0.39, 0.29) is 28.5 Å². The first-order chi connectivity index (χ1) is 17.2. The molecule has 0 unspecified atom stereocenters. The van der Waals surface area contributed by atoms with Crippen molar-refractivity contribution in [2.24, 2.45) is 5.92 Å². The van der Waals surface area contributed by atoms with Crippen LogP contribution in [0.5, 0.6) is 17.2 Å². The van der Waals surface area contributed by atoms with Gasteiger partial charge >= 0.3 is 11.9 Å². The Morgan fingerprint density at radius 2 is 1.81 bits per heavy atom. The molecule has 3 atom stereocenters. The number of halogens is 1. The Bertz CT molecular complexity index is 1070. The molecule has 1 saturated carbocycles. The number of nitrogens with zero attached hydrogens (tertiary/aromatic N) is 1. The highest BCUT2D eigenvalue weighted by Gasteiger charge is 2.34. The molecule has 194 valence electrons. The summed E-state index contributed by atoms with van der Waals surface area (Å²) in [5.41, 5.74) is 0.183. The predicted octanol–water partition coefficient (Wildman–Crippen LogP) is 4.89. The smallest absolute Gasteiger partial charge is 0.328 e. The number of carbonyl (C=O) groups is 2. The second-order valence-corrected chi connectivity index (χ2v) is 9.55. The first kappa shape index (κ1) is 27.7. The molecule has 0 spiro atoms. The Morgan fingerprint density at radius 3 is 2.42 bits per heavy atom. The molecule has 1 aliphatic carbocycles. The van der Waals surface area contributed by atoms with Crippen LogP contribution in [0.3, 0.4) is 0 Å². The maximum atomic E-state index is 13.0. The van der Waals surface area contributed by atoms with Crippen molar-refractivity contribution in [2.45, 2.75) is 64.7 Å². The monoisotopic (exact) mass is 534 g/mol. The number of thiocarbonyl (C=S) groups is 1. The second-order valence-electron chi connectivity index (χ2n) is 8.70. The van der Waals surface area contributed by atoms with Gasteiger partial charge in [0.15, 0.2) is 5.75 Å². The lowest BCUT2D eigenvalue weighted by molar-refractivity contribution is -0.156. The molecule has 1 aliphatic rings. The fourth-order valence-electron chi connectivity index (χ4n) is 4.20. The van der Waals surface area contributed by atoms with E-state index in [4.69, 9.17) is 42.8 Å². The van der Waals surface area contributed by atoms with Gasteiger partial charge in [0.1, 0.15) is 34.7 Å². The van der Waals surface area contributed by atoms with Crippen LogP contribution in [0.1, 0.15) is 52.1 Å². The van der Waals surface area contributed by atoms with Gasteiger partial charge in [-0.1, -0.05) is 36.7 Å². The molecule has 0 amide bonds. The summed E-state index contributed by atoms with van der Waals surface area (Å²) in [5, 5.41) is 3.55. The molecule has 1 fully saturated rings. The number of pyridine rings is 1. The average Bonchev–Trinajstić information content (AvgIpc) is 3.37. The molecular weight excluding hydrogens is 504 g/mol. The Hall–Kier alpha value is -2.91. The van der Waals surface area contributed by atoms with Gasteiger partial charge in [0.05, 0.1) is 7.11 Å². The third-order valence-electron chi connectivity index (χ3n) is 5.97. The molecule has 3 rings (SSSR count). The van der Waals surface area contributed by atoms with Crippen molar-refractivity contribution in [2.75, 3.05) is 7.11 Å². The molecule has 8 nitrogen and oxygen atoms in total. The summed E-state index contributed by atoms with van der Waals surface area (Å²) in [6, 6.07) is 7.91. The van der Waals surface area contributed by atoms with Crippen LogP contribution in [0, 0.1) is 5.92 Å². The molecule has 1 aromatic heterocycles. The lowest BCUT2D eigenvalue weighted by Crippen LogP contribution is -2.44. The van der Waals surface area contributed by atoms with Gasteiger partial charge in [-0.15, -0.1) is 0 Å². The van der Waals surface area contributed by atoms with Crippen molar-refractivity contribution >= 4 is 40.7 Å². The fraction of sp³-hybridized carbons (Fsp3) is 0.462. The molecule has 0 aliphatic heterocycles. The van der Waals surface area contributed by atoms with Crippen molar-refractivity contribution < 1.29 is 28.5 Å². The van der Waals surface area contributed by atoms with E-state index in [2.05, 4.69) is 10.3 Å². The van der Waals surface area contributed by atoms with E-state index in [0.29, 0.717) is 16.5 Å². The van der Waals surface area contributed by atoms with E-state index in [1.54, 1.807) is 25.1 Å². The summed E-state index contributed by atoms with van der Waals surface area (Å²) >= 11 is 11.5. The summed E-state index contributed by atoms with van der Waals surface area (Å²) in [6.45, 7) is 4.74. The van der Waals surface area contributed by atoms with Gasteiger partial charge < -0.3 is 24.3 Å². The first-order valence-electron chi connectivity index (χ1n) is 11.8. The minimum Gasteiger partial charge on any atom is -0.493 e. The molecule has 2 aromatic rings. The minimum absolute atomic E-state index is 0.0802. The molecule has 10 heteroatoms. The Labute approximate surface area is 221 Å². The summed E-state index contributed by atoms with van der Waals surface area (Å²) in [5.74, 6) is 0.280. The SMILES string of the molecule is COc1ccnc(C(=S)N[C@@H](C)C(=O)O[C@@H](C)[C@H](Oc2ccc(Cl)cc2)C2CCCC2)c1OC(C)=O. The summed E-state index contributed by atoms with van der Waals surface area (Å²) in [4.78, 5) is 28.9. The zero-order chi connectivity index (χ0) is 26.2. The Balaban J connectivity index is 1.68. The summed E-state index contributed by atoms with van der Waals surface area (Å²) in [7, 11) is 1.44. The van der Waals surface area contributed by atoms with E-state index in [1.807, 2.05) is 19.1 Å². The quantitative estimate of drug-likeness (QED) is 0.337. The summed E-state index contributed by atoms with van der Waals surface area (Å²) in [6.07, 6.45) is 4.94. The molecule has 0 saturated heterocycles. The number of ether oxygens (including phenoxy) is 4. The first-order valence-corrected chi connectivity index (χ1v) is 12.6. The van der Waals surface area contributed by atoms with Gasteiger partial charge in [-0.05, 0) is 56.9 Å². The van der Waals surface area contributed by atoms with E-state index in [1.165, 1.54) is 20.2 Å². The van der Waals surface area contributed by atoms with Gasteiger partial charge in [-0.25, -0.2) is 9.78 Å². The number of esters is 2. The van der Waals surface area contributed by atoms with E-state index in [0.717, 1.165) is 25.7 Å². The van der Waals surface area contributed by atoms with Crippen LogP contribution in [-0.2, 0) is 14.3 Å². The van der Waals surface area contributed by atoms with Gasteiger partial charge in [-0.2, -0.15) is 0 Å². The lowest BCUT2D eigenvalue weighted by atomic mass is 9.96. The Morgan fingerprint density at radius 1 is 1.14 bits per heavy atom. The second kappa shape index (κ2) is 12.9. The van der Waals surface area contributed by atoms with Crippen LogP contribution >= 0.6 is 23.8 Å². The highest BCUT2D eigenvalue weighted by molar-refractivity contribution is 7.80. The lowest BCUT2D eigenvalue weighted by Gasteiger charge is -2.30. The van der Waals surface area contributed by atoms with Crippen LogP contribution in [0.2, 0.25) is 5.02 Å². The number of nitrogens with one attached hydrogen (secondary N) is 1. The summed E-state index contributed by atoms with van der Waals surface area (Å²) < 4.78 is 22.6. The van der Waals surface area contributed by atoms with Crippen molar-refractivity contribution in [1.82, 2.24) is 10.3 Å². The number of aromatic nitrogens is 1. The molecule has 0 bridgehead atoms. The number of hydrogen-bond acceptors (Lipinski definition) is 8. The number of methoxy groups -OCH3 is 1. The highest BCUT2D eigenvalue weighted by atomic mass is 35.5. The van der Waals surface area contributed by atoms with Crippen LogP contribution in [0.4, 0.5) is 0 Å². The van der Waals surface area contributed by atoms with Gasteiger partial charge in [0.25, 0.3) is 0 Å². The van der Waals surface area contributed by atoms with Gasteiger partial charge in [0, 0.05) is 24.2 Å². The van der Waals surface area contributed by atoms with Crippen molar-refractivity contribution in [3.05, 3.63) is 47.2 Å². The van der Waals surface area contributed by atoms with Crippen LogP contribution in [0.15, 0.2) is 36.5 Å². The molecule has 1 aromatic carbocycles. The fourth-order valence-corrected chi connectivity index (χ4v) is 4.65.